The second-order valence-electron chi connectivity index (χ2n) is 5.82. The number of halogens is 4. The fourth-order valence-electron chi connectivity index (χ4n) is 2.71. The van der Waals surface area contributed by atoms with Gasteiger partial charge in [-0.25, -0.2) is 22.9 Å². The lowest BCUT2D eigenvalue weighted by molar-refractivity contribution is 0.0695. The third kappa shape index (κ3) is 3.38. The third-order valence-electron chi connectivity index (χ3n) is 4.00. The normalized spacial score (nSPS) is 10.9. The maximum absolute atomic E-state index is 14.5. The number of hydrogen-bond acceptors (Lipinski definition) is 5. The topological polar surface area (TPSA) is 110 Å². The number of pyridine rings is 2. The lowest BCUT2D eigenvalue weighted by atomic mass is 10.1. The van der Waals surface area contributed by atoms with E-state index < -0.39 is 51.4 Å². The monoisotopic (exact) mass is 424 g/mol. The van der Waals surface area contributed by atoms with Crippen LogP contribution in [0.1, 0.15) is 10.4 Å². The molecule has 0 aliphatic heterocycles. The van der Waals surface area contributed by atoms with E-state index in [9.17, 15) is 27.9 Å². The van der Waals surface area contributed by atoms with Crippen LogP contribution in [0.2, 0.25) is 5.02 Å². The van der Waals surface area contributed by atoms with Crippen LogP contribution in [0.3, 0.4) is 0 Å². The molecular formula is C18H12ClF3N4O3. The first kappa shape index (κ1) is 20.2. The molecule has 0 bridgehead atoms. The van der Waals surface area contributed by atoms with Gasteiger partial charge in [-0.05, 0) is 6.07 Å². The third-order valence-corrected chi connectivity index (χ3v) is 4.37. The van der Waals surface area contributed by atoms with Crippen molar-refractivity contribution in [2.24, 2.45) is 0 Å². The fourth-order valence-corrected chi connectivity index (χ4v) is 3.06. The molecule has 0 aliphatic carbocycles. The molecule has 3 rings (SSSR count). The Bertz CT molecular complexity index is 1240. The van der Waals surface area contributed by atoms with E-state index in [1.165, 1.54) is 6.08 Å². The number of nitrogen functional groups attached to an aromatic ring is 1. The van der Waals surface area contributed by atoms with Gasteiger partial charge in [-0.3, -0.25) is 9.36 Å². The first-order chi connectivity index (χ1) is 13.7. The van der Waals surface area contributed by atoms with E-state index in [1.54, 1.807) is 0 Å². The van der Waals surface area contributed by atoms with Gasteiger partial charge in [0.25, 0.3) is 0 Å². The Hall–Kier alpha value is -3.53. The Morgan fingerprint density at radius 3 is 2.62 bits per heavy atom. The van der Waals surface area contributed by atoms with Gasteiger partial charge in [0, 0.05) is 18.8 Å². The molecule has 11 heteroatoms. The molecule has 4 N–H and O–H groups in total. The highest BCUT2D eigenvalue weighted by Gasteiger charge is 2.23. The number of carbonyl (C=O) groups is 1. The van der Waals surface area contributed by atoms with Crippen LogP contribution in [0.5, 0.6) is 0 Å². The van der Waals surface area contributed by atoms with Crippen LogP contribution in [-0.2, 0) is 0 Å². The van der Waals surface area contributed by atoms with E-state index in [2.05, 4.69) is 16.9 Å². The summed E-state index contributed by atoms with van der Waals surface area (Å²) in [4.78, 5) is 27.6. The lowest BCUT2D eigenvalue weighted by Gasteiger charge is -2.17. The Morgan fingerprint density at radius 1 is 1.31 bits per heavy atom. The fraction of sp³-hybridized carbons (Fsp3) is 0.0556. The van der Waals surface area contributed by atoms with Gasteiger partial charge in [0.2, 0.25) is 5.43 Å². The molecule has 0 amide bonds. The second kappa shape index (κ2) is 7.47. The molecule has 0 saturated carbocycles. The molecule has 150 valence electrons. The van der Waals surface area contributed by atoms with Crippen LogP contribution < -0.4 is 16.5 Å². The maximum Gasteiger partial charge on any atom is 0.341 e. The Morgan fingerprint density at radius 2 is 2.00 bits per heavy atom. The van der Waals surface area contributed by atoms with Gasteiger partial charge >= 0.3 is 5.97 Å². The quantitative estimate of drug-likeness (QED) is 0.542. The van der Waals surface area contributed by atoms with Gasteiger partial charge < -0.3 is 16.2 Å². The molecule has 0 radical (unpaired) electrons. The number of nitrogens with two attached hydrogens (primary N) is 1. The minimum absolute atomic E-state index is 0.107. The van der Waals surface area contributed by atoms with E-state index >= 15 is 0 Å². The van der Waals surface area contributed by atoms with Crippen LogP contribution in [-0.4, -0.2) is 27.2 Å². The van der Waals surface area contributed by atoms with Crippen LogP contribution in [0.15, 0.2) is 35.8 Å². The maximum atomic E-state index is 14.5. The zero-order valence-corrected chi connectivity index (χ0v) is 15.2. The summed E-state index contributed by atoms with van der Waals surface area (Å²) in [6.45, 7) is 3.59. The summed E-state index contributed by atoms with van der Waals surface area (Å²) in [5.41, 5.74) is 3.07. The van der Waals surface area contributed by atoms with Gasteiger partial charge in [0.1, 0.15) is 11.4 Å². The van der Waals surface area contributed by atoms with Crippen molar-refractivity contribution in [1.82, 2.24) is 9.55 Å². The van der Waals surface area contributed by atoms with Gasteiger partial charge in [0.05, 0.1) is 21.6 Å². The molecule has 29 heavy (non-hydrogen) atoms. The number of nitrogens with one attached hydrogen (secondary N) is 1. The van der Waals surface area contributed by atoms with Crippen molar-refractivity contribution >= 4 is 40.0 Å². The van der Waals surface area contributed by atoms with Gasteiger partial charge in [-0.2, -0.15) is 0 Å². The van der Waals surface area contributed by atoms with Crippen molar-refractivity contribution < 1.29 is 23.1 Å². The summed E-state index contributed by atoms with van der Waals surface area (Å²) in [6, 6.07) is 1.21. The molecule has 1 aromatic carbocycles. The number of carboxylic acid groups (broad SMARTS) is 1. The number of carboxylic acids is 1. The molecule has 2 aromatic heterocycles. The molecule has 0 saturated heterocycles. The van der Waals surface area contributed by atoms with E-state index in [-0.39, 0.29) is 22.8 Å². The second-order valence-corrected chi connectivity index (χ2v) is 6.20. The molecule has 0 unspecified atom stereocenters. The summed E-state index contributed by atoms with van der Waals surface area (Å²) in [5.74, 6) is -6.23. The zero-order chi connectivity index (χ0) is 21.5. The van der Waals surface area contributed by atoms with Crippen molar-refractivity contribution in [3.8, 4) is 5.82 Å². The highest BCUT2D eigenvalue weighted by molar-refractivity contribution is 6.38. The van der Waals surface area contributed by atoms with Crippen LogP contribution in [0.25, 0.3) is 16.7 Å². The molecule has 2 heterocycles. The van der Waals surface area contributed by atoms with Crippen LogP contribution in [0.4, 0.5) is 24.7 Å². The minimum atomic E-state index is -1.65. The predicted octanol–water partition coefficient (Wildman–Crippen LogP) is 3.33. The number of benzene rings is 1. The molecule has 7 nitrogen and oxygen atoms in total. The number of anilines is 2. The van der Waals surface area contributed by atoms with Crippen molar-refractivity contribution in [3.63, 3.8) is 0 Å². The minimum Gasteiger partial charge on any atom is -0.477 e. The smallest absolute Gasteiger partial charge is 0.341 e. The Kier molecular flexibility index (Phi) is 5.21. The van der Waals surface area contributed by atoms with Crippen molar-refractivity contribution in [2.45, 2.75) is 0 Å². The van der Waals surface area contributed by atoms with Gasteiger partial charge in [-0.15, -0.1) is 6.58 Å². The van der Waals surface area contributed by atoms with Crippen molar-refractivity contribution in [3.05, 3.63) is 69.2 Å². The molecule has 3 aromatic rings. The van der Waals surface area contributed by atoms with E-state index in [0.717, 1.165) is 16.8 Å². The molecule has 0 aliphatic rings. The average molecular weight is 425 g/mol. The van der Waals surface area contributed by atoms with E-state index in [4.69, 9.17) is 17.3 Å². The van der Waals surface area contributed by atoms with E-state index in [1.807, 2.05) is 0 Å². The van der Waals surface area contributed by atoms with E-state index in [0.29, 0.717) is 6.07 Å². The number of rotatable bonds is 5. The van der Waals surface area contributed by atoms with Crippen molar-refractivity contribution in [1.29, 1.82) is 0 Å². The van der Waals surface area contributed by atoms with Crippen LogP contribution in [0, 0.1) is 17.5 Å². The number of nitrogens with zero attached hydrogens (tertiary/aromatic N) is 2. The highest BCUT2D eigenvalue weighted by atomic mass is 35.5. The predicted molar refractivity (Wildman–Crippen MR) is 102 cm³/mol. The summed E-state index contributed by atoms with van der Waals surface area (Å²) in [7, 11) is 0. The number of aromatic nitrogens is 2. The van der Waals surface area contributed by atoms with Crippen molar-refractivity contribution in [2.75, 3.05) is 17.6 Å². The molecule has 0 spiro atoms. The van der Waals surface area contributed by atoms with Gasteiger partial charge in [0.15, 0.2) is 23.3 Å². The zero-order valence-electron chi connectivity index (χ0n) is 14.5. The number of fused-ring (bicyclic) bond motifs is 1. The first-order valence-electron chi connectivity index (χ1n) is 7.94. The van der Waals surface area contributed by atoms with Gasteiger partial charge in [-0.1, -0.05) is 17.7 Å². The lowest BCUT2D eigenvalue weighted by Crippen LogP contribution is -2.20. The Labute approximate surface area is 165 Å². The average Bonchev–Trinajstić information content (AvgIpc) is 2.65. The SMILES string of the molecule is C=CCNc1c(F)cc2c(=O)c(C(=O)O)cn(-c3nc(N)c(F)cc3F)c2c1Cl. The number of aromatic carboxylic acids is 1. The largest absolute Gasteiger partial charge is 0.477 e. The number of hydrogen-bond donors (Lipinski definition) is 3. The highest BCUT2D eigenvalue weighted by Crippen LogP contribution is 2.34. The summed E-state index contributed by atoms with van der Waals surface area (Å²) in [5, 5.41) is 11.2. The Balaban J connectivity index is 2.52. The molecule has 0 atom stereocenters. The summed E-state index contributed by atoms with van der Waals surface area (Å²) < 4.78 is 43.3. The molecular weight excluding hydrogens is 413 g/mol. The summed E-state index contributed by atoms with van der Waals surface area (Å²) >= 11 is 6.27. The molecule has 0 fully saturated rings. The standard InChI is InChI=1S/C18H12ClF3N4O3/c1-2-3-24-13-9(20)4-7-14(12(13)19)26(6-8(15(7)27)18(28)29)17-11(22)5-10(21)16(23)25-17/h2,4-6,24H,1,3H2,(H2,23,25)(H,28,29). The first-order valence-corrected chi connectivity index (χ1v) is 8.32. The summed E-state index contributed by atoms with van der Waals surface area (Å²) in [6.07, 6.45) is 2.18. The van der Waals surface area contributed by atoms with Crippen LogP contribution >= 0.6 is 11.6 Å².